The number of nitrogens with one attached hydrogen (secondary N) is 1. The lowest BCUT2D eigenvalue weighted by atomic mass is 9.96. The van der Waals surface area contributed by atoms with Gasteiger partial charge in [0.1, 0.15) is 5.69 Å². The molecule has 1 N–H and O–H groups in total. The van der Waals surface area contributed by atoms with Crippen molar-refractivity contribution in [3.8, 4) is 21.0 Å². The lowest BCUT2D eigenvalue weighted by Crippen LogP contribution is -2.21. The fraction of sp³-hybridized carbons (Fsp3) is 0.316. The van der Waals surface area contributed by atoms with Crippen molar-refractivity contribution in [3.63, 3.8) is 0 Å². The van der Waals surface area contributed by atoms with Crippen LogP contribution in [0.25, 0.3) is 21.0 Å². The van der Waals surface area contributed by atoms with E-state index >= 15 is 0 Å². The van der Waals surface area contributed by atoms with E-state index in [2.05, 4.69) is 53.2 Å². The molecule has 23 heavy (non-hydrogen) atoms. The second kappa shape index (κ2) is 6.85. The predicted molar refractivity (Wildman–Crippen MR) is 101 cm³/mol. The summed E-state index contributed by atoms with van der Waals surface area (Å²) in [7, 11) is 0. The minimum atomic E-state index is 0.592. The summed E-state index contributed by atoms with van der Waals surface area (Å²) in [6, 6.07) is 15.5. The minimum Gasteiger partial charge on any atom is -0.359 e. The third-order valence-corrected chi connectivity index (χ3v) is 6.26. The summed E-state index contributed by atoms with van der Waals surface area (Å²) < 4.78 is 0. The zero-order valence-electron chi connectivity index (χ0n) is 13.0. The van der Waals surface area contributed by atoms with Gasteiger partial charge < -0.3 is 5.32 Å². The van der Waals surface area contributed by atoms with Crippen LogP contribution in [0.15, 0.2) is 47.8 Å². The number of nitrogens with zero attached hydrogens (tertiary/aromatic N) is 1. The minimum absolute atomic E-state index is 0.592. The van der Waals surface area contributed by atoms with Crippen molar-refractivity contribution in [2.24, 2.45) is 0 Å². The highest BCUT2D eigenvalue weighted by atomic mass is 32.1. The Morgan fingerprint density at radius 2 is 1.78 bits per heavy atom. The molecule has 1 fully saturated rings. The van der Waals surface area contributed by atoms with Gasteiger partial charge in [-0.1, -0.05) is 67.0 Å². The van der Waals surface area contributed by atoms with E-state index in [1.165, 1.54) is 47.4 Å². The highest BCUT2D eigenvalue weighted by molar-refractivity contribution is 7.20. The van der Waals surface area contributed by atoms with Gasteiger partial charge in [-0.3, -0.25) is 0 Å². The van der Waals surface area contributed by atoms with Gasteiger partial charge >= 0.3 is 0 Å². The molecular formula is C19H20N2S2. The number of hydrogen-bond donors (Lipinski definition) is 1. The van der Waals surface area contributed by atoms with Crippen molar-refractivity contribution in [2.75, 3.05) is 5.32 Å². The smallest absolute Gasteiger partial charge is 0.184 e. The maximum Gasteiger partial charge on any atom is 0.184 e. The average molecular weight is 341 g/mol. The monoisotopic (exact) mass is 340 g/mol. The number of benzene rings is 1. The third kappa shape index (κ3) is 3.33. The Bertz CT molecular complexity index is 741. The first-order chi connectivity index (χ1) is 11.4. The van der Waals surface area contributed by atoms with E-state index in [-0.39, 0.29) is 0 Å². The molecule has 4 heteroatoms. The molecule has 0 radical (unpaired) electrons. The Hall–Kier alpha value is -1.65. The molecule has 3 aromatic rings. The van der Waals surface area contributed by atoms with Crippen molar-refractivity contribution in [1.29, 1.82) is 0 Å². The lowest BCUT2D eigenvalue weighted by Gasteiger charge is -2.22. The van der Waals surface area contributed by atoms with Gasteiger partial charge in [0.2, 0.25) is 0 Å². The first-order valence-electron chi connectivity index (χ1n) is 8.27. The van der Waals surface area contributed by atoms with E-state index in [9.17, 15) is 0 Å². The molecule has 2 heterocycles. The van der Waals surface area contributed by atoms with Gasteiger partial charge in [0.25, 0.3) is 0 Å². The van der Waals surface area contributed by atoms with E-state index in [4.69, 9.17) is 4.98 Å². The maximum atomic E-state index is 4.94. The first-order valence-corrected chi connectivity index (χ1v) is 9.96. The molecule has 2 nitrogen and oxygen atoms in total. The van der Waals surface area contributed by atoms with E-state index in [1.54, 1.807) is 22.7 Å². The van der Waals surface area contributed by atoms with E-state index in [0.29, 0.717) is 6.04 Å². The third-order valence-electron chi connectivity index (χ3n) is 4.35. The summed E-state index contributed by atoms with van der Waals surface area (Å²) in [5.41, 5.74) is 2.37. The Balaban J connectivity index is 1.69. The fourth-order valence-electron chi connectivity index (χ4n) is 3.17. The van der Waals surface area contributed by atoms with Gasteiger partial charge in [-0.15, -0.1) is 11.3 Å². The van der Waals surface area contributed by atoms with Crippen molar-refractivity contribution >= 4 is 27.8 Å². The van der Waals surface area contributed by atoms with Crippen LogP contribution in [0.2, 0.25) is 0 Å². The zero-order valence-corrected chi connectivity index (χ0v) is 14.6. The maximum absolute atomic E-state index is 4.94. The van der Waals surface area contributed by atoms with Crippen LogP contribution in [0.3, 0.4) is 0 Å². The Labute approximate surface area is 145 Å². The van der Waals surface area contributed by atoms with Crippen molar-refractivity contribution < 1.29 is 0 Å². The molecule has 1 aliphatic rings. The van der Waals surface area contributed by atoms with Crippen molar-refractivity contribution in [3.05, 3.63) is 47.8 Å². The van der Waals surface area contributed by atoms with Gasteiger partial charge in [0, 0.05) is 6.04 Å². The van der Waals surface area contributed by atoms with Crippen LogP contribution >= 0.6 is 22.7 Å². The number of thiazole rings is 1. The summed E-state index contributed by atoms with van der Waals surface area (Å²) in [6.45, 7) is 0. The van der Waals surface area contributed by atoms with Crippen LogP contribution < -0.4 is 5.32 Å². The predicted octanol–water partition coefficient (Wildman–Crippen LogP) is 6.28. The summed E-state index contributed by atoms with van der Waals surface area (Å²) >= 11 is 3.55. The molecular weight excluding hydrogens is 320 g/mol. The molecule has 0 atom stereocenters. The summed E-state index contributed by atoms with van der Waals surface area (Å²) in [5.74, 6) is 0. The normalized spacial score (nSPS) is 15.7. The summed E-state index contributed by atoms with van der Waals surface area (Å²) in [5, 5.41) is 6.88. The van der Waals surface area contributed by atoms with Gasteiger partial charge in [-0.25, -0.2) is 4.98 Å². The Kier molecular flexibility index (Phi) is 4.44. The van der Waals surface area contributed by atoms with E-state index in [1.807, 2.05) is 0 Å². The average Bonchev–Trinajstić information content (AvgIpc) is 3.26. The van der Waals surface area contributed by atoms with Gasteiger partial charge in [0.15, 0.2) is 5.13 Å². The van der Waals surface area contributed by atoms with E-state index in [0.717, 1.165) is 10.8 Å². The highest BCUT2D eigenvalue weighted by Crippen LogP contribution is 2.41. The highest BCUT2D eigenvalue weighted by Gasteiger charge is 2.19. The van der Waals surface area contributed by atoms with Crippen LogP contribution in [0.4, 0.5) is 5.13 Å². The number of thiophene rings is 1. The van der Waals surface area contributed by atoms with Crippen LogP contribution in [0.1, 0.15) is 32.1 Å². The molecule has 0 bridgehead atoms. The van der Waals surface area contributed by atoms with Gasteiger partial charge in [-0.05, 0) is 29.9 Å². The van der Waals surface area contributed by atoms with Crippen LogP contribution in [0.5, 0.6) is 0 Å². The van der Waals surface area contributed by atoms with Crippen LogP contribution in [-0.4, -0.2) is 11.0 Å². The number of aromatic nitrogens is 1. The molecule has 118 valence electrons. The van der Waals surface area contributed by atoms with E-state index < -0.39 is 0 Å². The number of anilines is 1. The molecule has 4 rings (SSSR count). The number of rotatable bonds is 4. The summed E-state index contributed by atoms with van der Waals surface area (Å²) in [4.78, 5) is 7.46. The topological polar surface area (TPSA) is 24.9 Å². The zero-order chi connectivity index (χ0) is 15.5. The van der Waals surface area contributed by atoms with Crippen LogP contribution in [0, 0.1) is 0 Å². The van der Waals surface area contributed by atoms with Crippen molar-refractivity contribution in [2.45, 2.75) is 38.1 Å². The second-order valence-electron chi connectivity index (χ2n) is 6.02. The molecule has 0 saturated heterocycles. The first kappa shape index (κ1) is 14.9. The largest absolute Gasteiger partial charge is 0.359 e. The molecule has 1 aliphatic carbocycles. The van der Waals surface area contributed by atoms with Gasteiger partial charge in [-0.2, -0.15) is 0 Å². The Morgan fingerprint density at radius 3 is 2.52 bits per heavy atom. The second-order valence-corrected chi connectivity index (χ2v) is 7.97. The van der Waals surface area contributed by atoms with Crippen molar-refractivity contribution in [1.82, 2.24) is 4.98 Å². The Morgan fingerprint density at radius 1 is 0.957 bits per heavy atom. The quantitative estimate of drug-likeness (QED) is 0.604. The molecule has 0 amide bonds. The molecule has 2 aromatic heterocycles. The molecule has 1 saturated carbocycles. The summed E-state index contributed by atoms with van der Waals surface area (Å²) in [6.07, 6.45) is 6.60. The molecule has 0 spiro atoms. The fourth-order valence-corrected chi connectivity index (χ4v) is 5.02. The number of hydrogen-bond acceptors (Lipinski definition) is 4. The molecule has 0 unspecified atom stereocenters. The van der Waals surface area contributed by atoms with Crippen LogP contribution in [-0.2, 0) is 0 Å². The lowest BCUT2D eigenvalue weighted by molar-refractivity contribution is 0.462. The SMILES string of the molecule is c1ccc(-c2sc(NC3CCCCC3)nc2-c2cccs2)cc1. The standard InChI is InChI=1S/C19H20N2S2/c1-3-8-14(9-4-1)18-17(16-12-7-13-22-16)21-19(23-18)20-15-10-5-2-6-11-15/h1,3-4,7-9,12-13,15H,2,5-6,10-11H2,(H,20,21). The van der Waals surface area contributed by atoms with Gasteiger partial charge in [0.05, 0.1) is 9.75 Å². The molecule has 1 aromatic carbocycles. The molecule has 0 aliphatic heterocycles.